The average molecular weight is 394 g/mol. The van der Waals surface area contributed by atoms with E-state index in [2.05, 4.69) is 30.8 Å². The summed E-state index contributed by atoms with van der Waals surface area (Å²) in [5.41, 5.74) is 1.28. The molecule has 3 N–H and O–H groups in total. The number of hydrogen-bond donors (Lipinski definition) is 3. The quantitative estimate of drug-likeness (QED) is 0.332. The molecule has 0 bridgehead atoms. The molecule has 0 aliphatic heterocycles. The highest BCUT2D eigenvalue weighted by molar-refractivity contribution is 7.66. The van der Waals surface area contributed by atoms with Crippen LogP contribution in [0.25, 0.3) is 0 Å². The van der Waals surface area contributed by atoms with Gasteiger partial charge in [-0.05, 0) is 26.7 Å². The second-order valence-corrected chi connectivity index (χ2v) is 9.28. The van der Waals surface area contributed by atoms with Crippen LogP contribution in [0.3, 0.4) is 0 Å². The Morgan fingerprint density at radius 1 is 0.783 bits per heavy atom. The van der Waals surface area contributed by atoms with Crippen LogP contribution < -0.4 is 0 Å². The smallest absolute Gasteiger partial charge is 0.302 e. The predicted octanol–water partition coefficient (Wildman–Crippen LogP) is 3.29. The minimum absolute atomic E-state index is 0.201. The third-order valence-electron chi connectivity index (χ3n) is 1.98. The van der Waals surface area contributed by atoms with E-state index in [4.69, 9.17) is 0 Å². The average Bonchev–Trinajstić information content (AvgIpc) is 2.22. The Morgan fingerprint density at radius 3 is 1.35 bits per heavy atom. The summed E-state index contributed by atoms with van der Waals surface area (Å²) in [5, 5.41) is 0. The van der Waals surface area contributed by atoms with Crippen LogP contribution in [0.2, 0.25) is 0 Å². The SMILES string of the molecule is C=C(C)CCOP(=O)(O)OP(=O)(O)OP(=O)(O)OCCC(=C)C. The van der Waals surface area contributed by atoms with Crippen LogP contribution in [0.5, 0.6) is 0 Å². The summed E-state index contributed by atoms with van der Waals surface area (Å²) in [6.07, 6.45) is 0.403. The normalized spacial score (nSPS) is 19.3. The molecule has 2 atom stereocenters. The van der Waals surface area contributed by atoms with E-state index < -0.39 is 23.5 Å². The predicted molar refractivity (Wildman–Crippen MR) is 82.4 cm³/mol. The molecule has 0 aliphatic carbocycles. The van der Waals surface area contributed by atoms with E-state index in [1.165, 1.54) is 0 Å². The van der Waals surface area contributed by atoms with Crippen molar-refractivity contribution >= 4 is 23.5 Å². The molecule has 0 rings (SSSR count). The standard InChI is InChI=1S/C10H21O10P3/c1-9(2)5-7-17-21(11,12)19-23(15,16)20-22(13,14)18-8-6-10(3)4/h1,3,5-8H2,2,4H3,(H,11,12)(H,13,14)(H,15,16). The maximum Gasteiger partial charge on any atom is 0.490 e. The van der Waals surface area contributed by atoms with Crippen molar-refractivity contribution in [2.75, 3.05) is 13.2 Å². The van der Waals surface area contributed by atoms with Crippen molar-refractivity contribution in [3.05, 3.63) is 24.3 Å². The molecule has 0 aromatic rings. The molecule has 10 nitrogen and oxygen atoms in total. The van der Waals surface area contributed by atoms with Gasteiger partial charge in [0, 0.05) is 0 Å². The van der Waals surface area contributed by atoms with Crippen molar-refractivity contribution in [2.45, 2.75) is 26.7 Å². The van der Waals surface area contributed by atoms with Gasteiger partial charge in [0.1, 0.15) is 0 Å². The van der Waals surface area contributed by atoms with Gasteiger partial charge in [0.15, 0.2) is 0 Å². The van der Waals surface area contributed by atoms with Gasteiger partial charge in [-0.15, -0.1) is 13.2 Å². The first-order valence-corrected chi connectivity index (χ1v) is 10.7. The van der Waals surface area contributed by atoms with Gasteiger partial charge in [0.2, 0.25) is 0 Å². The molecule has 0 aliphatic rings. The Morgan fingerprint density at radius 2 is 1.09 bits per heavy atom. The second-order valence-electron chi connectivity index (χ2n) is 4.65. The molecule has 0 heterocycles. The molecule has 0 spiro atoms. The maximum atomic E-state index is 11.5. The fraction of sp³-hybridized carbons (Fsp3) is 0.600. The van der Waals surface area contributed by atoms with Crippen LogP contribution in [-0.4, -0.2) is 27.9 Å². The highest BCUT2D eigenvalue weighted by Gasteiger charge is 2.41. The van der Waals surface area contributed by atoms with E-state index in [0.29, 0.717) is 11.1 Å². The van der Waals surface area contributed by atoms with Gasteiger partial charge in [-0.1, -0.05) is 11.1 Å². The Hall–Kier alpha value is -0.110. The van der Waals surface area contributed by atoms with Gasteiger partial charge in [0.05, 0.1) is 13.2 Å². The Balaban J connectivity index is 4.58. The van der Waals surface area contributed by atoms with Crippen LogP contribution in [0.1, 0.15) is 26.7 Å². The van der Waals surface area contributed by atoms with E-state index in [1.807, 2.05) is 0 Å². The zero-order valence-electron chi connectivity index (χ0n) is 12.8. The van der Waals surface area contributed by atoms with Crippen molar-refractivity contribution in [2.24, 2.45) is 0 Å². The van der Waals surface area contributed by atoms with E-state index in [0.717, 1.165) is 0 Å². The summed E-state index contributed by atoms with van der Waals surface area (Å²) < 4.78 is 51.0. The van der Waals surface area contributed by atoms with Gasteiger partial charge in [0.25, 0.3) is 0 Å². The van der Waals surface area contributed by atoms with Gasteiger partial charge in [-0.25, -0.2) is 13.7 Å². The first kappa shape index (κ1) is 22.9. The van der Waals surface area contributed by atoms with Crippen LogP contribution in [0, 0.1) is 0 Å². The van der Waals surface area contributed by atoms with E-state index in [-0.39, 0.29) is 26.1 Å². The molecule has 0 fully saturated rings. The van der Waals surface area contributed by atoms with Crippen LogP contribution in [0.4, 0.5) is 0 Å². The zero-order valence-corrected chi connectivity index (χ0v) is 15.5. The molecule has 23 heavy (non-hydrogen) atoms. The number of rotatable bonds is 12. The van der Waals surface area contributed by atoms with Gasteiger partial charge >= 0.3 is 23.5 Å². The first-order valence-electron chi connectivity index (χ1n) is 6.23. The summed E-state index contributed by atoms with van der Waals surface area (Å²) in [6, 6.07) is 0. The summed E-state index contributed by atoms with van der Waals surface area (Å²) in [6.45, 7) is 9.70. The molecule has 0 saturated heterocycles. The van der Waals surface area contributed by atoms with E-state index in [9.17, 15) is 28.4 Å². The van der Waals surface area contributed by atoms with Crippen molar-refractivity contribution < 1.29 is 46.0 Å². The second kappa shape index (κ2) is 9.39. The highest BCUT2D eigenvalue weighted by atomic mass is 31.3. The monoisotopic (exact) mass is 394 g/mol. The molecule has 0 aromatic carbocycles. The van der Waals surface area contributed by atoms with Gasteiger partial charge in [-0.3, -0.25) is 9.05 Å². The fourth-order valence-electron chi connectivity index (χ4n) is 0.993. The molecular weight excluding hydrogens is 373 g/mol. The Kier molecular flexibility index (Phi) is 9.35. The topological polar surface area (TPSA) is 149 Å². The third kappa shape index (κ3) is 12.9. The molecular formula is C10H21O10P3. The lowest BCUT2D eigenvalue weighted by atomic mass is 10.3. The Labute approximate surface area is 134 Å². The first-order chi connectivity index (χ1) is 10.2. The Bertz CT molecular complexity index is 525. The maximum absolute atomic E-state index is 11.5. The summed E-state index contributed by atoms with van der Waals surface area (Å²) in [7, 11) is -15.3. The van der Waals surface area contributed by atoms with Crippen molar-refractivity contribution in [1.29, 1.82) is 0 Å². The number of hydrogen-bond acceptors (Lipinski definition) is 7. The third-order valence-corrected chi connectivity index (χ3v) is 6.30. The lowest BCUT2D eigenvalue weighted by Crippen LogP contribution is -2.00. The van der Waals surface area contributed by atoms with E-state index in [1.54, 1.807) is 13.8 Å². The summed E-state index contributed by atoms with van der Waals surface area (Å²) in [4.78, 5) is 27.8. The molecule has 136 valence electrons. The molecule has 13 heteroatoms. The van der Waals surface area contributed by atoms with E-state index >= 15 is 0 Å². The molecule has 0 radical (unpaired) electrons. The lowest BCUT2D eigenvalue weighted by Gasteiger charge is -2.18. The largest absolute Gasteiger partial charge is 0.490 e. The lowest BCUT2D eigenvalue weighted by molar-refractivity contribution is 0.159. The minimum atomic E-state index is -5.38. The van der Waals surface area contributed by atoms with Gasteiger partial charge in [-0.2, -0.15) is 8.62 Å². The van der Waals surface area contributed by atoms with Crippen LogP contribution >= 0.6 is 23.5 Å². The van der Waals surface area contributed by atoms with Crippen LogP contribution in [-0.2, 0) is 31.4 Å². The zero-order chi connectivity index (χ0) is 18.3. The van der Waals surface area contributed by atoms with Gasteiger partial charge < -0.3 is 14.7 Å². The van der Waals surface area contributed by atoms with Crippen molar-refractivity contribution in [3.63, 3.8) is 0 Å². The fourth-order valence-corrected chi connectivity index (χ4v) is 4.49. The molecule has 0 aromatic heterocycles. The molecule has 0 saturated carbocycles. The highest BCUT2D eigenvalue weighted by Crippen LogP contribution is 2.67. The summed E-state index contributed by atoms with van der Waals surface area (Å²) >= 11 is 0. The summed E-state index contributed by atoms with van der Waals surface area (Å²) in [5.74, 6) is 0. The minimum Gasteiger partial charge on any atom is -0.302 e. The van der Waals surface area contributed by atoms with Crippen molar-refractivity contribution in [1.82, 2.24) is 0 Å². The van der Waals surface area contributed by atoms with Crippen LogP contribution in [0.15, 0.2) is 24.3 Å². The molecule has 0 amide bonds. The number of phosphoric ester groups is 2. The molecule has 2 unspecified atom stereocenters. The number of phosphoric acid groups is 3. The van der Waals surface area contributed by atoms with Crippen molar-refractivity contribution in [3.8, 4) is 0 Å².